The first kappa shape index (κ1) is 14.6. The zero-order chi connectivity index (χ0) is 14.7. The summed E-state index contributed by atoms with van der Waals surface area (Å²) < 4.78 is 20.5. The number of nitrogens with two attached hydrogens (primary N) is 1. The Morgan fingerprint density at radius 3 is 2.25 bits per heavy atom. The van der Waals surface area contributed by atoms with Crippen molar-refractivity contribution in [2.24, 2.45) is 10.2 Å². The number of nitrogen functional groups attached to an aromatic ring is 1. The molecule has 0 aromatic heterocycles. The predicted octanol–water partition coefficient (Wildman–Crippen LogP) is 2.15. The van der Waals surface area contributed by atoms with Crippen molar-refractivity contribution in [2.45, 2.75) is 13.8 Å². The summed E-state index contributed by atoms with van der Waals surface area (Å²) in [6.07, 6.45) is 0. The van der Waals surface area contributed by atoms with Gasteiger partial charge in [0.25, 0.3) is 0 Å². The Morgan fingerprint density at radius 1 is 1.00 bits per heavy atom. The molecule has 0 radical (unpaired) electrons. The Kier molecular flexibility index (Phi) is 4.42. The van der Waals surface area contributed by atoms with E-state index in [0.717, 1.165) is 22.5 Å². The zero-order valence-corrected chi connectivity index (χ0v) is 13.4. The van der Waals surface area contributed by atoms with Crippen molar-refractivity contribution in [3.05, 3.63) is 47.5 Å². The molecule has 1 unspecified atom stereocenters. The van der Waals surface area contributed by atoms with Gasteiger partial charge in [-0.2, -0.15) is 0 Å². The topological polar surface area (TPSA) is 88.0 Å². The van der Waals surface area contributed by atoms with E-state index in [0.29, 0.717) is 10.0 Å². The Balaban J connectivity index is 2.25. The van der Waals surface area contributed by atoms with Crippen LogP contribution in [0.4, 0.5) is 17.1 Å². The molecule has 2 aromatic carbocycles. The summed E-state index contributed by atoms with van der Waals surface area (Å²) in [5, 5.41) is 8.32. The van der Waals surface area contributed by atoms with Gasteiger partial charge in [-0.3, -0.25) is 0 Å². The van der Waals surface area contributed by atoms with Crippen LogP contribution in [-0.2, 0) is 3.74 Å². The molecule has 0 spiro atoms. The van der Waals surface area contributed by atoms with Crippen LogP contribution in [0.25, 0.3) is 0 Å². The van der Waals surface area contributed by atoms with Gasteiger partial charge in [-0.15, -0.1) is 0 Å². The van der Waals surface area contributed by atoms with E-state index in [1.54, 1.807) is 30.3 Å². The van der Waals surface area contributed by atoms with E-state index in [-0.39, 0.29) is 0 Å². The van der Waals surface area contributed by atoms with Crippen molar-refractivity contribution >= 4 is 36.3 Å². The van der Waals surface area contributed by atoms with Gasteiger partial charge in [-0.05, 0) is 0 Å². The summed E-state index contributed by atoms with van der Waals surface area (Å²) in [6.45, 7) is 3.89. The van der Waals surface area contributed by atoms with Crippen LogP contribution in [0.15, 0.2) is 46.6 Å². The number of azo groups is 1. The Bertz CT molecular complexity index is 682. The second-order valence-electron chi connectivity index (χ2n) is 4.48. The van der Waals surface area contributed by atoms with E-state index < -0.39 is 14.9 Å². The van der Waals surface area contributed by atoms with Crippen LogP contribution in [-0.4, -0.2) is 19.0 Å². The quantitative estimate of drug-likeness (QED) is 0.512. The van der Waals surface area contributed by atoms with Crippen LogP contribution in [0.5, 0.6) is 0 Å². The maximum atomic E-state index is 11.0. The first-order valence-electron chi connectivity index (χ1n) is 6.10. The van der Waals surface area contributed by atoms with Gasteiger partial charge in [0.15, 0.2) is 0 Å². The van der Waals surface area contributed by atoms with E-state index in [9.17, 15) is 3.74 Å². The van der Waals surface area contributed by atoms with E-state index >= 15 is 0 Å². The Hall–Kier alpha value is -1.84. The van der Waals surface area contributed by atoms with Crippen molar-refractivity contribution < 1.29 is 7.84 Å². The monoisotopic (exact) mass is 333 g/mol. The van der Waals surface area contributed by atoms with Crippen LogP contribution in [0, 0.1) is 13.8 Å². The molecule has 0 amide bonds. The standard InChI is InChI=1S/C14H16AsN3O2/c1-9-10(2)14(8-7-13(9)16)18-17-12-5-3-11(4-6-12)15(19)20/h3-8,15H,16H2,1-2H3,(H,19,20). The van der Waals surface area contributed by atoms with Crippen LogP contribution in [0.2, 0.25) is 0 Å². The van der Waals surface area contributed by atoms with Crippen LogP contribution >= 0.6 is 0 Å². The van der Waals surface area contributed by atoms with Crippen molar-refractivity contribution in [1.82, 2.24) is 0 Å². The average Bonchev–Trinajstić information content (AvgIpc) is 2.44. The molecule has 1 atom stereocenters. The number of anilines is 1. The molecule has 0 heterocycles. The second-order valence-corrected chi connectivity index (χ2v) is 6.97. The zero-order valence-electron chi connectivity index (χ0n) is 11.3. The first-order chi connectivity index (χ1) is 9.49. The first-order valence-corrected chi connectivity index (χ1v) is 8.94. The van der Waals surface area contributed by atoms with Crippen LogP contribution in [0.1, 0.15) is 11.1 Å². The Morgan fingerprint density at radius 2 is 1.65 bits per heavy atom. The number of nitrogens with zero attached hydrogens (tertiary/aromatic N) is 2. The van der Waals surface area contributed by atoms with E-state index in [4.69, 9.17) is 9.83 Å². The third-order valence-electron chi connectivity index (χ3n) is 3.19. The molecule has 0 saturated carbocycles. The summed E-state index contributed by atoms with van der Waals surface area (Å²) in [6, 6.07) is 10.2. The molecule has 0 aliphatic heterocycles. The van der Waals surface area contributed by atoms with Gasteiger partial charge in [-0.25, -0.2) is 0 Å². The normalized spacial score (nSPS) is 12.8. The molecule has 0 aliphatic carbocycles. The van der Waals surface area contributed by atoms with Crippen LogP contribution in [0.3, 0.4) is 0 Å². The molecular weight excluding hydrogens is 317 g/mol. The van der Waals surface area contributed by atoms with Gasteiger partial charge in [0.05, 0.1) is 0 Å². The molecule has 20 heavy (non-hydrogen) atoms. The van der Waals surface area contributed by atoms with Crippen molar-refractivity contribution in [3.8, 4) is 0 Å². The average molecular weight is 333 g/mol. The van der Waals surface area contributed by atoms with Crippen LogP contribution < -0.4 is 10.1 Å². The summed E-state index contributed by atoms with van der Waals surface area (Å²) in [7, 11) is 0. The fraction of sp³-hybridized carbons (Fsp3) is 0.143. The van der Waals surface area contributed by atoms with Gasteiger partial charge < -0.3 is 0 Å². The SMILES string of the molecule is Cc1c(N)ccc(N=Nc2ccc([AsH](=O)O)cc2)c1C. The fourth-order valence-corrected chi connectivity index (χ4v) is 2.67. The fourth-order valence-electron chi connectivity index (χ4n) is 1.72. The van der Waals surface area contributed by atoms with Crippen molar-refractivity contribution in [3.63, 3.8) is 0 Å². The number of hydrogen-bond donors (Lipinski definition) is 2. The third-order valence-corrected chi connectivity index (χ3v) is 4.92. The van der Waals surface area contributed by atoms with E-state index in [1.165, 1.54) is 0 Å². The molecule has 5 nitrogen and oxygen atoms in total. The van der Waals surface area contributed by atoms with Crippen molar-refractivity contribution in [2.75, 3.05) is 5.73 Å². The molecule has 3 N–H and O–H groups in total. The number of benzene rings is 2. The summed E-state index contributed by atoms with van der Waals surface area (Å²) in [5.41, 5.74) is 9.96. The molecule has 6 heteroatoms. The number of rotatable bonds is 3. The minimum atomic E-state index is -3.24. The molecular formula is C14H16AsN3O2. The molecule has 2 rings (SSSR count). The molecule has 0 bridgehead atoms. The molecule has 2 aromatic rings. The third kappa shape index (κ3) is 3.18. The van der Waals surface area contributed by atoms with Gasteiger partial charge in [-0.1, -0.05) is 0 Å². The van der Waals surface area contributed by atoms with Gasteiger partial charge in [0.2, 0.25) is 0 Å². The molecule has 104 valence electrons. The summed E-state index contributed by atoms with van der Waals surface area (Å²) in [5.74, 6) is 0. The van der Waals surface area contributed by atoms with Gasteiger partial charge >= 0.3 is 122 Å². The minimum absolute atomic E-state index is 0.475. The van der Waals surface area contributed by atoms with Gasteiger partial charge in [0, 0.05) is 0 Å². The molecule has 0 fully saturated rings. The predicted molar refractivity (Wildman–Crippen MR) is 80.6 cm³/mol. The Labute approximate surface area is 122 Å². The summed E-state index contributed by atoms with van der Waals surface area (Å²) >= 11 is -3.24. The maximum absolute atomic E-state index is 11.0. The second kappa shape index (κ2) is 6.07. The van der Waals surface area contributed by atoms with Gasteiger partial charge in [0.1, 0.15) is 0 Å². The molecule has 0 aliphatic rings. The molecule has 0 saturated heterocycles. The summed E-state index contributed by atoms with van der Waals surface area (Å²) in [4.78, 5) is 0. The van der Waals surface area contributed by atoms with Crippen molar-refractivity contribution in [1.29, 1.82) is 0 Å². The van der Waals surface area contributed by atoms with E-state index in [1.807, 2.05) is 19.9 Å². The van der Waals surface area contributed by atoms with E-state index in [2.05, 4.69) is 10.2 Å². The number of hydrogen-bond acceptors (Lipinski definition) is 4.